The average molecular weight is 348 g/mol. The number of carbonyl (C=O) groups excluding carboxylic acids is 1. The van der Waals surface area contributed by atoms with Crippen LogP contribution in [0, 0.1) is 6.92 Å². The molecule has 4 nitrogen and oxygen atoms in total. The third kappa shape index (κ3) is 4.29. The molecule has 0 saturated carbocycles. The molecule has 1 aromatic carbocycles. The van der Waals surface area contributed by atoms with Gasteiger partial charge in [-0.1, -0.05) is 15.9 Å². The smallest absolute Gasteiger partial charge is 0.257 e. The minimum absolute atomic E-state index is 0.166. The summed E-state index contributed by atoms with van der Waals surface area (Å²) < 4.78 is 0.989. The summed E-state index contributed by atoms with van der Waals surface area (Å²) in [6.07, 6.45) is 3.27. The van der Waals surface area contributed by atoms with Crippen molar-refractivity contribution in [2.24, 2.45) is 0 Å². The highest BCUT2D eigenvalue weighted by molar-refractivity contribution is 9.10. The molecule has 1 amide bonds. The predicted octanol–water partition coefficient (Wildman–Crippen LogP) is 4.23. The van der Waals surface area contributed by atoms with Gasteiger partial charge in [-0.05, 0) is 50.6 Å². The van der Waals surface area contributed by atoms with Crippen LogP contribution in [0.15, 0.2) is 41.1 Å². The van der Waals surface area contributed by atoms with Crippen LogP contribution >= 0.6 is 15.9 Å². The van der Waals surface area contributed by atoms with E-state index in [2.05, 4.69) is 31.5 Å². The van der Waals surface area contributed by atoms with Crippen molar-refractivity contribution in [3.63, 3.8) is 0 Å². The van der Waals surface area contributed by atoms with Crippen molar-refractivity contribution < 1.29 is 4.79 Å². The van der Waals surface area contributed by atoms with Crippen molar-refractivity contribution in [1.82, 2.24) is 4.98 Å². The number of aryl methyl sites for hydroxylation is 1. The van der Waals surface area contributed by atoms with Gasteiger partial charge in [0, 0.05) is 28.6 Å². The van der Waals surface area contributed by atoms with Crippen molar-refractivity contribution in [3.05, 3.63) is 52.3 Å². The zero-order valence-electron chi connectivity index (χ0n) is 12.3. The highest BCUT2D eigenvalue weighted by atomic mass is 79.9. The van der Waals surface area contributed by atoms with E-state index in [1.54, 1.807) is 18.5 Å². The molecule has 0 unspecified atom stereocenters. The largest absolute Gasteiger partial charge is 0.382 e. The van der Waals surface area contributed by atoms with Gasteiger partial charge in [0.15, 0.2) is 0 Å². The van der Waals surface area contributed by atoms with Gasteiger partial charge in [0.1, 0.15) is 0 Å². The summed E-state index contributed by atoms with van der Waals surface area (Å²) in [4.78, 5) is 16.4. The first-order chi connectivity index (χ1) is 9.95. The van der Waals surface area contributed by atoms with Crippen molar-refractivity contribution in [3.8, 4) is 0 Å². The van der Waals surface area contributed by atoms with Crippen LogP contribution in [0.3, 0.4) is 0 Å². The van der Waals surface area contributed by atoms with Gasteiger partial charge in [-0.25, -0.2) is 0 Å². The second kappa shape index (κ2) is 6.72. The molecule has 110 valence electrons. The van der Waals surface area contributed by atoms with E-state index in [4.69, 9.17) is 0 Å². The van der Waals surface area contributed by atoms with E-state index < -0.39 is 0 Å². The molecule has 0 aliphatic heterocycles. The molecule has 0 aliphatic rings. The van der Waals surface area contributed by atoms with Gasteiger partial charge in [-0.3, -0.25) is 9.78 Å². The SMILES string of the molecule is Cc1cc(Br)ccc1NC(=O)c1cncc(NC(C)C)c1. The Morgan fingerprint density at radius 1 is 1.24 bits per heavy atom. The van der Waals surface area contributed by atoms with E-state index >= 15 is 0 Å². The number of hydrogen-bond donors (Lipinski definition) is 2. The summed E-state index contributed by atoms with van der Waals surface area (Å²) in [5.41, 5.74) is 3.17. The number of hydrogen-bond acceptors (Lipinski definition) is 3. The first-order valence-corrected chi connectivity index (χ1v) is 7.54. The van der Waals surface area contributed by atoms with E-state index in [0.717, 1.165) is 21.4 Å². The average Bonchev–Trinajstić information content (AvgIpc) is 2.41. The fourth-order valence-corrected chi connectivity index (χ4v) is 2.41. The van der Waals surface area contributed by atoms with Gasteiger partial charge in [0.25, 0.3) is 5.91 Å². The molecule has 21 heavy (non-hydrogen) atoms. The minimum Gasteiger partial charge on any atom is -0.382 e. The first-order valence-electron chi connectivity index (χ1n) is 6.75. The van der Waals surface area contributed by atoms with Crippen LogP contribution in [0.2, 0.25) is 0 Å². The monoisotopic (exact) mass is 347 g/mol. The molecule has 5 heteroatoms. The van der Waals surface area contributed by atoms with Crippen molar-refractivity contribution in [2.75, 3.05) is 10.6 Å². The third-order valence-electron chi connectivity index (χ3n) is 2.89. The number of nitrogens with one attached hydrogen (secondary N) is 2. The molecule has 2 aromatic rings. The molecular weight excluding hydrogens is 330 g/mol. The second-order valence-corrected chi connectivity index (χ2v) is 6.09. The van der Waals surface area contributed by atoms with E-state index in [9.17, 15) is 4.79 Å². The van der Waals surface area contributed by atoms with Crippen LogP contribution in [-0.4, -0.2) is 16.9 Å². The second-order valence-electron chi connectivity index (χ2n) is 5.17. The lowest BCUT2D eigenvalue weighted by molar-refractivity contribution is 0.102. The Kier molecular flexibility index (Phi) is 4.96. The quantitative estimate of drug-likeness (QED) is 0.870. The lowest BCUT2D eigenvalue weighted by Crippen LogP contribution is -2.15. The van der Waals surface area contributed by atoms with Gasteiger partial charge < -0.3 is 10.6 Å². The van der Waals surface area contributed by atoms with Crippen LogP contribution in [-0.2, 0) is 0 Å². The van der Waals surface area contributed by atoms with Gasteiger partial charge in [0.05, 0.1) is 11.3 Å². The Balaban J connectivity index is 2.16. The number of carbonyl (C=O) groups is 1. The number of pyridine rings is 1. The summed E-state index contributed by atoms with van der Waals surface area (Å²) in [5.74, 6) is -0.166. The molecule has 2 rings (SSSR count). The predicted molar refractivity (Wildman–Crippen MR) is 89.8 cm³/mol. The van der Waals surface area contributed by atoms with Crippen LogP contribution in [0.5, 0.6) is 0 Å². The normalized spacial score (nSPS) is 10.5. The Morgan fingerprint density at radius 3 is 2.67 bits per heavy atom. The highest BCUT2D eigenvalue weighted by Crippen LogP contribution is 2.21. The molecule has 0 radical (unpaired) electrons. The topological polar surface area (TPSA) is 54.0 Å². The third-order valence-corrected chi connectivity index (χ3v) is 3.39. The number of rotatable bonds is 4. The van der Waals surface area contributed by atoms with Crippen LogP contribution in [0.4, 0.5) is 11.4 Å². The van der Waals surface area contributed by atoms with E-state index in [1.807, 2.05) is 39.0 Å². The van der Waals surface area contributed by atoms with E-state index in [-0.39, 0.29) is 5.91 Å². The van der Waals surface area contributed by atoms with Gasteiger partial charge in [0.2, 0.25) is 0 Å². The molecule has 0 saturated heterocycles. The fraction of sp³-hybridized carbons (Fsp3) is 0.250. The molecular formula is C16H18BrN3O. The number of anilines is 2. The summed E-state index contributed by atoms with van der Waals surface area (Å²) in [6, 6.07) is 7.83. The van der Waals surface area contributed by atoms with Gasteiger partial charge in [-0.2, -0.15) is 0 Å². The lowest BCUT2D eigenvalue weighted by atomic mass is 10.2. The van der Waals surface area contributed by atoms with Crippen LogP contribution < -0.4 is 10.6 Å². The number of nitrogens with zero attached hydrogens (tertiary/aromatic N) is 1. The summed E-state index contributed by atoms with van der Waals surface area (Å²) >= 11 is 3.41. The zero-order chi connectivity index (χ0) is 15.4. The lowest BCUT2D eigenvalue weighted by Gasteiger charge is -2.12. The maximum atomic E-state index is 12.3. The number of halogens is 1. The molecule has 0 fully saturated rings. The molecule has 1 aromatic heterocycles. The Morgan fingerprint density at radius 2 is 2.00 bits per heavy atom. The molecule has 0 bridgehead atoms. The molecule has 0 spiro atoms. The zero-order valence-corrected chi connectivity index (χ0v) is 13.9. The standard InChI is InChI=1S/C16H18BrN3O/c1-10(2)19-14-7-12(8-18-9-14)16(21)20-15-5-4-13(17)6-11(15)3/h4-10,19H,1-3H3,(H,20,21). The molecule has 0 aliphatic carbocycles. The van der Waals surface area contributed by atoms with Crippen molar-refractivity contribution in [2.45, 2.75) is 26.8 Å². The van der Waals surface area contributed by atoms with Crippen LogP contribution in [0.25, 0.3) is 0 Å². The number of amides is 1. The van der Waals surface area contributed by atoms with Gasteiger partial charge in [-0.15, -0.1) is 0 Å². The fourth-order valence-electron chi connectivity index (χ4n) is 1.94. The number of benzene rings is 1. The first kappa shape index (κ1) is 15.5. The molecule has 2 N–H and O–H groups in total. The minimum atomic E-state index is -0.166. The Bertz CT molecular complexity index is 656. The summed E-state index contributed by atoms with van der Waals surface area (Å²) in [6.45, 7) is 6.03. The van der Waals surface area contributed by atoms with E-state index in [0.29, 0.717) is 11.6 Å². The number of aromatic nitrogens is 1. The molecule has 0 atom stereocenters. The molecule has 1 heterocycles. The Labute approximate surface area is 133 Å². The maximum Gasteiger partial charge on any atom is 0.257 e. The Hall–Kier alpha value is -1.88. The van der Waals surface area contributed by atoms with Crippen LogP contribution in [0.1, 0.15) is 29.8 Å². The van der Waals surface area contributed by atoms with Gasteiger partial charge >= 0.3 is 0 Å². The summed E-state index contributed by atoms with van der Waals surface area (Å²) in [7, 11) is 0. The maximum absolute atomic E-state index is 12.3. The summed E-state index contributed by atoms with van der Waals surface area (Å²) in [5, 5.41) is 6.14. The highest BCUT2D eigenvalue weighted by Gasteiger charge is 2.09. The van der Waals surface area contributed by atoms with E-state index in [1.165, 1.54) is 0 Å². The van der Waals surface area contributed by atoms with Crippen molar-refractivity contribution >= 4 is 33.2 Å². The van der Waals surface area contributed by atoms with Crippen molar-refractivity contribution in [1.29, 1.82) is 0 Å².